The van der Waals surface area contributed by atoms with Gasteiger partial charge in [-0.15, -0.1) is 0 Å². The zero-order chi connectivity index (χ0) is 11.8. The van der Waals surface area contributed by atoms with Crippen LogP contribution in [0.3, 0.4) is 0 Å². The molecule has 1 heteroatoms. The molecule has 0 aromatic rings. The Labute approximate surface area is 99.6 Å². The lowest BCUT2D eigenvalue weighted by Gasteiger charge is -2.47. The summed E-state index contributed by atoms with van der Waals surface area (Å²) in [4.78, 5) is 0. The third-order valence-corrected chi connectivity index (χ3v) is 7.02. The van der Waals surface area contributed by atoms with Gasteiger partial charge in [0, 0.05) is 5.41 Å². The molecular formula is C15H26O. The van der Waals surface area contributed by atoms with E-state index in [4.69, 9.17) is 0 Å². The van der Waals surface area contributed by atoms with Crippen LogP contribution in [0, 0.1) is 28.6 Å². The summed E-state index contributed by atoms with van der Waals surface area (Å²) in [6.07, 6.45) is 6.56. The minimum absolute atomic E-state index is 0.249. The largest absolute Gasteiger partial charge is 0.389 e. The summed E-state index contributed by atoms with van der Waals surface area (Å²) in [5.74, 6) is 2.10. The molecule has 0 bridgehead atoms. The summed E-state index contributed by atoms with van der Waals surface area (Å²) < 4.78 is 0. The molecule has 0 aromatic heterocycles. The maximum atomic E-state index is 11.1. The molecule has 3 fully saturated rings. The van der Waals surface area contributed by atoms with Gasteiger partial charge in [0.2, 0.25) is 0 Å². The van der Waals surface area contributed by atoms with Crippen LogP contribution >= 0.6 is 0 Å². The zero-order valence-electron chi connectivity index (χ0n) is 11.2. The summed E-state index contributed by atoms with van der Waals surface area (Å²) in [6.45, 7) is 9.27. The molecule has 3 rings (SSSR count). The second-order valence-corrected chi connectivity index (χ2v) is 7.45. The molecule has 2 unspecified atom stereocenters. The Morgan fingerprint density at radius 3 is 2.44 bits per heavy atom. The Morgan fingerprint density at radius 2 is 1.75 bits per heavy atom. The van der Waals surface area contributed by atoms with E-state index in [1.807, 2.05) is 0 Å². The quantitative estimate of drug-likeness (QED) is 0.664. The van der Waals surface area contributed by atoms with Gasteiger partial charge in [-0.25, -0.2) is 0 Å². The fourth-order valence-electron chi connectivity index (χ4n) is 6.14. The molecule has 3 aliphatic rings. The highest BCUT2D eigenvalue weighted by Crippen LogP contribution is 2.76. The third-order valence-electron chi connectivity index (χ3n) is 7.02. The van der Waals surface area contributed by atoms with Crippen molar-refractivity contribution in [3.8, 4) is 0 Å². The first-order valence-electron chi connectivity index (χ1n) is 7.07. The van der Waals surface area contributed by atoms with E-state index < -0.39 is 5.60 Å². The van der Waals surface area contributed by atoms with Crippen molar-refractivity contribution in [2.45, 2.75) is 65.4 Å². The van der Waals surface area contributed by atoms with Crippen molar-refractivity contribution in [1.29, 1.82) is 0 Å². The van der Waals surface area contributed by atoms with E-state index >= 15 is 0 Å². The lowest BCUT2D eigenvalue weighted by atomic mass is 9.60. The Morgan fingerprint density at radius 1 is 1.06 bits per heavy atom. The molecule has 1 spiro atoms. The number of rotatable bonds is 0. The van der Waals surface area contributed by atoms with Crippen LogP contribution in [0.5, 0.6) is 0 Å². The van der Waals surface area contributed by atoms with Gasteiger partial charge in [0.25, 0.3) is 0 Å². The highest BCUT2D eigenvalue weighted by molar-refractivity contribution is 5.22. The SMILES string of the molecule is C[C@@H]1C[C@@]2(C)CCC3[C@@H](C)CCC32[C@]1(C)O. The lowest BCUT2D eigenvalue weighted by Crippen LogP contribution is -2.50. The first kappa shape index (κ1) is 11.1. The molecule has 0 radical (unpaired) electrons. The molecule has 3 saturated carbocycles. The van der Waals surface area contributed by atoms with E-state index in [2.05, 4.69) is 27.7 Å². The maximum Gasteiger partial charge on any atom is 0.0709 e. The summed E-state index contributed by atoms with van der Waals surface area (Å²) >= 11 is 0. The van der Waals surface area contributed by atoms with E-state index in [9.17, 15) is 5.11 Å². The number of hydrogen-bond donors (Lipinski definition) is 1. The van der Waals surface area contributed by atoms with Gasteiger partial charge in [-0.1, -0.05) is 20.8 Å². The van der Waals surface area contributed by atoms with Gasteiger partial charge < -0.3 is 5.11 Å². The van der Waals surface area contributed by atoms with Crippen molar-refractivity contribution in [3.63, 3.8) is 0 Å². The average Bonchev–Trinajstić information content (AvgIpc) is 2.71. The fourth-order valence-corrected chi connectivity index (χ4v) is 6.14. The topological polar surface area (TPSA) is 20.2 Å². The van der Waals surface area contributed by atoms with Crippen LogP contribution < -0.4 is 0 Å². The molecule has 3 aliphatic carbocycles. The molecule has 0 saturated heterocycles. The van der Waals surface area contributed by atoms with Gasteiger partial charge in [-0.05, 0) is 62.2 Å². The van der Waals surface area contributed by atoms with Gasteiger partial charge in [0.1, 0.15) is 0 Å². The van der Waals surface area contributed by atoms with Crippen molar-refractivity contribution >= 4 is 0 Å². The summed E-state index contributed by atoms with van der Waals surface area (Å²) in [5, 5.41) is 11.1. The standard InChI is InChI=1S/C15H26O/c1-10-5-8-15-12(10)6-7-13(15,3)9-11(2)14(15,4)16/h10-12,16H,5-9H2,1-4H3/t10-,11+,12?,13+,14+,15?/m0/s1. The van der Waals surface area contributed by atoms with E-state index in [1.54, 1.807) is 0 Å². The van der Waals surface area contributed by atoms with Crippen molar-refractivity contribution in [2.24, 2.45) is 28.6 Å². The molecule has 16 heavy (non-hydrogen) atoms. The molecule has 1 nitrogen and oxygen atoms in total. The van der Waals surface area contributed by atoms with E-state index in [0.717, 1.165) is 11.8 Å². The highest BCUT2D eigenvalue weighted by Gasteiger charge is 2.73. The molecule has 0 amide bonds. The van der Waals surface area contributed by atoms with Crippen LogP contribution in [-0.4, -0.2) is 10.7 Å². The van der Waals surface area contributed by atoms with Crippen LogP contribution in [0.1, 0.15) is 59.8 Å². The van der Waals surface area contributed by atoms with E-state index in [-0.39, 0.29) is 5.41 Å². The van der Waals surface area contributed by atoms with Gasteiger partial charge >= 0.3 is 0 Å². The zero-order valence-corrected chi connectivity index (χ0v) is 11.2. The van der Waals surface area contributed by atoms with Gasteiger partial charge in [-0.3, -0.25) is 0 Å². The van der Waals surface area contributed by atoms with E-state index in [0.29, 0.717) is 11.3 Å². The van der Waals surface area contributed by atoms with Gasteiger partial charge in [0.15, 0.2) is 0 Å². The van der Waals surface area contributed by atoms with Gasteiger partial charge in [-0.2, -0.15) is 0 Å². The Bertz CT molecular complexity index is 315. The van der Waals surface area contributed by atoms with Gasteiger partial charge in [0.05, 0.1) is 5.60 Å². The van der Waals surface area contributed by atoms with Crippen LogP contribution in [0.4, 0.5) is 0 Å². The van der Waals surface area contributed by atoms with Crippen LogP contribution in [-0.2, 0) is 0 Å². The van der Waals surface area contributed by atoms with Crippen molar-refractivity contribution in [3.05, 3.63) is 0 Å². The summed E-state index contributed by atoms with van der Waals surface area (Å²) in [7, 11) is 0. The Balaban J connectivity index is 2.14. The molecule has 0 aliphatic heterocycles. The lowest BCUT2D eigenvalue weighted by molar-refractivity contribution is -0.112. The monoisotopic (exact) mass is 222 g/mol. The predicted octanol–water partition coefficient (Wildman–Crippen LogP) is 3.61. The minimum atomic E-state index is -0.423. The second kappa shape index (κ2) is 2.85. The Kier molecular flexibility index (Phi) is 1.98. The highest BCUT2D eigenvalue weighted by atomic mass is 16.3. The maximum absolute atomic E-state index is 11.1. The molecule has 1 N–H and O–H groups in total. The first-order valence-corrected chi connectivity index (χ1v) is 7.07. The van der Waals surface area contributed by atoms with Crippen molar-refractivity contribution in [2.75, 3.05) is 0 Å². The van der Waals surface area contributed by atoms with Crippen molar-refractivity contribution in [1.82, 2.24) is 0 Å². The Hall–Kier alpha value is -0.0400. The first-order chi connectivity index (χ1) is 7.35. The van der Waals surface area contributed by atoms with Crippen LogP contribution in [0.15, 0.2) is 0 Å². The van der Waals surface area contributed by atoms with Crippen LogP contribution in [0.2, 0.25) is 0 Å². The molecular weight excluding hydrogens is 196 g/mol. The molecule has 0 aromatic carbocycles. The van der Waals surface area contributed by atoms with Crippen molar-refractivity contribution < 1.29 is 5.11 Å². The predicted molar refractivity (Wildman–Crippen MR) is 66.1 cm³/mol. The number of aliphatic hydroxyl groups is 1. The van der Waals surface area contributed by atoms with Crippen LogP contribution in [0.25, 0.3) is 0 Å². The molecule has 6 atom stereocenters. The number of hydrogen-bond acceptors (Lipinski definition) is 1. The van der Waals surface area contributed by atoms with E-state index in [1.165, 1.54) is 32.1 Å². The average molecular weight is 222 g/mol. The normalized spacial score (nSPS) is 64.7. The molecule has 0 heterocycles. The third kappa shape index (κ3) is 0.903. The minimum Gasteiger partial charge on any atom is -0.389 e. The summed E-state index contributed by atoms with van der Waals surface area (Å²) in [5.41, 5.74) is 0.248. The smallest absolute Gasteiger partial charge is 0.0709 e. The molecule has 92 valence electrons. The second-order valence-electron chi connectivity index (χ2n) is 7.45. The fraction of sp³-hybridized carbons (Fsp3) is 1.00. The summed E-state index contributed by atoms with van der Waals surface area (Å²) in [6, 6.07) is 0.